The van der Waals surface area contributed by atoms with Gasteiger partial charge in [-0.1, -0.05) is 13.8 Å². The van der Waals surface area contributed by atoms with Gasteiger partial charge in [0.1, 0.15) is 0 Å². The SMILES string of the molecule is CCOCC(NC(=O)NC(C)(C(=O)O)C(F)(F)F)C(C)C. The number of alkyl halides is 3. The second-order valence-corrected chi connectivity index (χ2v) is 5.04. The van der Waals surface area contributed by atoms with Crippen LogP contribution in [-0.4, -0.2) is 48.1 Å². The lowest BCUT2D eigenvalue weighted by Crippen LogP contribution is -2.64. The van der Waals surface area contributed by atoms with Crippen molar-refractivity contribution in [2.75, 3.05) is 13.2 Å². The van der Waals surface area contributed by atoms with Crippen LogP contribution in [0.1, 0.15) is 27.7 Å². The van der Waals surface area contributed by atoms with Crippen LogP contribution in [0.2, 0.25) is 0 Å². The largest absolute Gasteiger partial charge is 0.479 e. The number of carboxylic acid groups (broad SMARTS) is 1. The summed E-state index contributed by atoms with van der Waals surface area (Å²) in [6, 6.07) is -1.74. The maximum Gasteiger partial charge on any atom is 0.422 e. The second kappa shape index (κ2) is 7.48. The van der Waals surface area contributed by atoms with E-state index in [0.717, 1.165) is 0 Å². The smallest absolute Gasteiger partial charge is 0.422 e. The zero-order chi connectivity index (χ0) is 16.8. The van der Waals surface area contributed by atoms with E-state index in [9.17, 15) is 22.8 Å². The fraction of sp³-hybridized carbons (Fsp3) is 0.833. The molecule has 0 bridgehead atoms. The molecule has 124 valence electrons. The topological polar surface area (TPSA) is 87.7 Å². The number of rotatable bonds is 7. The summed E-state index contributed by atoms with van der Waals surface area (Å²) in [5.74, 6) is -2.28. The molecule has 0 saturated heterocycles. The molecule has 0 radical (unpaired) electrons. The summed E-state index contributed by atoms with van der Waals surface area (Å²) >= 11 is 0. The lowest BCUT2D eigenvalue weighted by Gasteiger charge is -2.30. The van der Waals surface area contributed by atoms with Crippen molar-refractivity contribution in [2.24, 2.45) is 5.92 Å². The first-order valence-corrected chi connectivity index (χ1v) is 6.42. The van der Waals surface area contributed by atoms with Crippen LogP contribution in [0.5, 0.6) is 0 Å². The highest BCUT2D eigenvalue weighted by atomic mass is 19.4. The van der Waals surface area contributed by atoms with E-state index >= 15 is 0 Å². The van der Waals surface area contributed by atoms with Crippen molar-refractivity contribution in [1.29, 1.82) is 0 Å². The van der Waals surface area contributed by atoms with Gasteiger partial charge in [0.2, 0.25) is 5.54 Å². The summed E-state index contributed by atoms with van der Waals surface area (Å²) in [4.78, 5) is 22.5. The number of hydrogen-bond acceptors (Lipinski definition) is 3. The fourth-order valence-corrected chi connectivity index (χ4v) is 1.32. The molecule has 2 amide bonds. The van der Waals surface area contributed by atoms with Crippen molar-refractivity contribution >= 4 is 12.0 Å². The number of halogens is 3. The highest BCUT2D eigenvalue weighted by Crippen LogP contribution is 2.30. The van der Waals surface area contributed by atoms with E-state index in [1.807, 2.05) is 0 Å². The molecule has 0 rings (SSSR count). The summed E-state index contributed by atoms with van der Waals surface area (Å²) in [7, 11) is 0. The van der Waals surface area contributed by atoms with E-state index in [2.05, 4.69) is 5.32 Å². The number of nitrogens with one attached hydrogen (secondary N) is 2. The molecule has 6 nitrogen and oxygen atoms in total. The first-order valence-electron chi connectivity index (χ1n) is 6.42. The van der Waals surface area contributed by atoms with Crippen LogP contribution < -0.4 is 10.6 Å². The van der Waals surface area contributed by atoms with Crippen LogP contribution in [0.25, 0.3) is 0 Å². The van der Waals surface area contributed by atoms with Crippen LogP contribution in [0.15, 0.2) is 0 Å². The average Bonchev–Trinajstić information content (AvgIpc) is 2.32. The van der Waals surface area contributed by atoms with E-state index in [1.165, 1.54) is 5.32 Å². The van der Waals surface area contributed by atoms with Crippen molar-refractivity contribution in [2.45, 2.75) is 45.5 Å². The van der Waals surface area contributed by atoms with Gasteiger partial charge in [0.15, 0.2) is 0 Å². The van der Waals surface area contributed by atoms with E-state index < -0.39 is 29.8 Å². The number of carbonyl (C=O) groups excluding carboxylic acids is 1. The van der Waals surface area contributed by atoms with Gasteiger partial charge in [-0.05, 0) is 19.8 Å². The molecular weight excluding hydrogens is 293 g/mol. The molecule has 3 N–H and O–H groups in total. The van der Waals surface area contributed by atoms with Crippen LogP contribution in [0, 0.1) is 5.92 Å². The number of amides is 2. The average molecular weight is 314 g/mol. The highest BCUT2D eigenvalue weighted by Gasteiger charge is 2.58. The predicted molar refractivity (Wildman–Crippen MR) is 68.9 cm³/mol. The molecule has 0 aromatic heterocycles. The van der Waals surface area contributed by atoms with Crippen molar-refractivity contribution in [3.63, 3.8) is 0 Å². The van der Waals surface area contributed by atoms with Gasteiger partial charge >= 0.3 is 18.2 Å². The summed E-state index contributed by atoms with van der Waals surface area (Å²) in [5, 5.41) is 12.5. The Morgan fingerprint density at radius 1 is 1.29 bits per heavy atom. The van der Waals surface area contributed by atoms with Crippen molar-refractivity contribution in [1.82, 2.24) is 10.6 Å². The molecule has 0 spiro atoms. The standard InChI is InChI=1S/C12H21F3N2O4/c1-5-21-6-8(7(2)3)16-10(20)17-11(4,9(18)19)12(13,14)15/h7-8H,5-6H2,1-4H3,(H,18,19)(H2,16,17,20). The molecular formula is C12H21F3N2O4. The van der Waals surface area contributed by atoms with Gasteiger partial charge in [-0.2, -0.15) is 13.2 Å². The summed E-state index contributed by atoms with van der Waals surface area (Å²) in [5.41, 5.74) is -3.36. The van der Waals surface area contributed by atoms with Crippen LogP contribution in [-0.2, 0) is 9.53 Å². The summed E-state index contributed by atoms with van der Waals surface area (Å²) in [6.07, 6.45) is -5.12. The molecule has 2 atom stereocenters. The molecule has 21 heavy (non-hydrogen) atoms. The zero-order valence-corrected chi connectivity index (χ0v) is 12.4. The molecule has 0 aromatic carbocycles. The molecule has 0 heterocycles. The number of carboxylic acids is 1. The third-order valence-electron chi connectivity index (χ3n) is 2.98. The van der Waals surface area contributed by atoms with Gasteiger partial charge in [0.25, 0.3) is 0 Å². The van der Waals surface area contributed by atoms with Crippen molar-refractivity contribution in [3.8, 4) is 0 Å². The van der Waals surface area contributed by atoms with Gasteiger partial charge in [-0.15, -0.1) is 0 Å². The van der Waals surface area contributed by atoms with E-state index in [0.29, 0.717) is 13.5 Å². The molecule has 0 fully saturated rings. The van der Waals surface area contributed by atoms with Gasteiger partial charge in [0, 0.05) is 6.61 Å². The molecule has 0 saturated carbocycles. The molecule has 0 aromatic rings. The summed E-state index contributed by atoms with van der Waals surface area (Å²) < 4.78 is 43.4. The third kappa shape index (κ3) is 5.41. The quantitative estimate of drug-likeness (QED) is 0.668. The Labute approximate surface area is 121 Å². The summed E-state index contributed by atoms with van der Waals surface area (Å²) in [6.45, 7) is 6.15. The maximum atomic E-state index is 12.8. The zero-order valence-electron chi connectivity index (χ0n) is 12.4. The van der Waals surface area contributed by atoms with E-state index in [1.54, 1.807) is 20.8 Å². The van der Waals surface area contributed by atoms with E-state index in [4.69, 9.17) is 9.84 Å². The van der Waals surface area contributed by atoms with Gasteiger partial charge in [0.05, 0.1) is 12.6 Å². The second-order valence-electron chi connectivity index (χ2n) is 5.04. The van der Waals surface area contributed by atoms with Crippen molar-refractivity contribution in [3.05, 3.63) is 0 Å². The lowest BCUT2D eigenvalue weighted by atomic mass is 10.0. The molecule has 0 aliphatic carbocycles. The van der Waals surface area contributed by atoms with Crippen LogP contribution in [0.3, 0.4) is 0 Å². The predicted octanol–water partition coefficient (Wildman–Crippen LogP) is 1.75. The Hall–Kier alpha value is -1.51. The first kappa shape index (κ1) is 19.5. The Morgan fingerprint density at radius 2 is 1.81 bits per heavy atom. The third-order valence-corrected chi connectivity index (χ3v) is 2.98. The monoisotopic (exact) mass is 314 g/mol. The normalized spacial score (nSPS) is 16.2. The minimum atomic E-state index is -5.12. The Morgan fingerprint density at radius 3 is 2.14 bits per heavy atom. The van der Waals surface area contributed by atoms with Crippen LogP contribution in [0.4, 0.5) is 18.0 Å². The minimum absolute atomic E-state index is 0.0933. The van der Waals surface area contributed by atoms with Crippen LogP contribution >= 0.6 is 0 Å². The fourth-order valence-electron chi connectivity index (χ4n) is 1.32. The van der Waals surface area contributed by atoms with Gasteiger partial charge < -0.3 is 20.5 Å². The lowest BCUT2D eigenvalue weighted by molar-refractivity contribution is -0.203. The van der Waals surface area contributed by atoms with E-state index in [-0.39, 0.29) is 12.5 Å². The Bertz CT molecular complexity index is 374. The Kier molecular flexibility index (Phi) is 6.95. The number of urea groups is 1. The minimum Gasteiger partial charge on any atom is -0.479 e. The van der Waals surface area contributed by atoms with Gasteiger partial charge in [-0.25, -0.2) is 9.59 Å². The molecule has 0 aliphatic rings. The van der Waals surface area contributed by atoms with Gasteiger partial charge in [-0.3, -0.25) is 0 Å². The maximum absolute atomic E-state index is 12.8. The number of ether oxygens (including phenoxy) is 1. The molecule has 0 aliphatic heterocycles. The first-order chi connectivity index (χ1) is 9.45. The number of hydrogen-bond donors (Lipinski definition) is 3. The molecule has 2 unspecified atom stereocenters. The number of carbonyl (C=O) groups is 2. The van der Waals surface area contributed by atoms with Crippen molar-refractivity contribution < 1.29 is 32.6 Å². The highest BCUT2D eigenvalue weighted by molar-refractivity contribution is 5.86. The number of aliphatic carboxylic acids is 1. The molecule has 9 heteroatoms. The Balaban J connectivity index is 4.89.